The molecule has 2 N–H and O–H groups in total. The standard InChI is InChI=1S/C8H10ClFN2O/c1-12(13-2)8-4-6(10)5(9)3-7(8)11/h3-4H,11H2,1-2H3. The summed E-state index contributed by atoms with van der Waals surface area (Å²) in [5, 5.41) is 1.36. The fourth-order valence-corrected chi connectivity index (χ4v) is 1.09. The van der Waals surface area contributed by atoms with Crippen LogP contribution in [0.1, 0.15) is 0 Å². The first-order chi connectivity index (χ1) is 6.06. The molecular weight excluding hydrogens is 195 g/mol. The van der Waals surface area contributed by atoms with E-state index in [1.165, 1.54) is 24.3 Å². The van der Waals surface area contributed by atoms with E-state index in [0.717, 1.165) is 0 Å². The van der Waals surface area contributed by atoms with E-state index in [0.29, 0.717) is 11.4 Å². The maximum Gasteiger partial charge on any atom is 0.144 e. The van der Waals surface area contributed by atoms with Crippen LogP contribution in [0.5, 0.6) is 0 Å². The van der Waals surface area contributed by atoms with Crippen molar-refractivity contribution in [1.82, 2.24) is 0 Å². The first-order valence-electron chi connectivity index (χ1n) is 3.58. The zero-order valence-corrected chi connectivity index (χ0v) is 8.10. The molecule has 1 aromatic rings. The number of nitrogen functional groups attached to an aromatic ring is 1. The number of hydrogen-bond donors (Lipinski definition) is 1. The van der Waals surface area contributed by atoms with Crippen molar-refractivity contribution in [2.75, 3.05) is 25.0 Å². The first kappa shape index (κ1) is 10.1. The molecule has 0 saturated heterocycles. The van der Waals surface area contributed by atoms with Crippen molar-refractivity contribution in [2.24, 2.45) is 0 Å². The molecular formula is C8H10ClFN2O. The molecule has 0 bridgehead atoms. The van der Waals surface area contributed by atoms with E-state index in [1.54, 1.807) is 7.05 Å². The lowest BCUT2D eigenvalue weighted by atomic mass is 10.2. The number of nitrogens with zero attached hydrogens (tertiary/aromatic N) is 1. The Morgan fingerprint density at radius 1 is 1.54 bits per heavy atom. The molecule has 0 aliphatic rings. The Morgan fingerprint density at radius 3 is 2.69 bits per heavy atom. The molecule has 3 nitrogen and oxygen atoms in total. The minimum Gasteiger partial charge on any atom is -0.397 e. The molecule has 0 saturated carbocycles. The third-order valence-corrected chi connectivity index (χ3v) is 1.97. The Labute approximate surface area is 80.8 Å². The van der Waals surface area contributed by atoms with Gasteiger partial charge in [0.05, 0.1) is 23.5 Å². The molecule has 0 heterocycles. The molecule has 0 radical (unpaired) electrons. The van der Waals surface area contributed by atoms with Crippen LogP contribution in [0.15, 0.2) is 12.1 Å². The van der Waals surface area contributed by atoms with E-state index >= 15 is 0 Å². The van der Waals surface area contributed by atoms with Crippen LogP contribution in [0.4, 0.5) is 15.8 Å². The largest absolute Gasteiger partial charge is 0.397 e. The van der Waals surface area contributed by atoms with Crippen LogP contribution < -0.4 is 10.8 Å². The smallest absolute Gasteiger partial charge is 0.144 e. The fraction of sp³-hybridized carbons (Fsp3) is 0.250. The van der Waals surface area contributed by atoms with Crippen LogP contribution in [0.3, 0.4) is 0 Å². The van der Waals surface area contributed by atoms with Gasteiger partial charge in [0.1, 0.15) is 5.82 Å². The number of rotatable bonds is 2. The summed E-state index contributed by atoms with van der Waals surface area (Å²) < 4.78 is 13.0. The van der Waals surface area contributed by atoms with Gasteiger partial charge in [0.25, 0.3) is 0 Å². The monoisotopic (exact) mass is 204 g/mol. The summed E-state index contributed by atoms with van der Waals surface area (Å²) in [7, 11) is 3.09. The van der Waals surface area contributed by atoms with Gasteiger partial charge in [-0.25, -0.2) is 4.39 Å². The van der Waals surface area contributed by atoms with Gasteiger partial charge in [0.2, 0.25) is 0 Å². The van der Waals surface area contributed by atoms with Crippen molar-refractivity contribution in [2.45, 2.75) is 0 Å². The number of hydroxylamine groups is 1. The van der Waals surface area contributed by atoms with Gasteiger partial charge in [0.15, 0.2) is 0 Å². The second kappa shape index (κ2) is 3.81. The number of hydrogen-bond acceptors (Lipinski definition) is 3. The zero-order chi connectivity index (χ0) is 10.0. The van der Waals surface area contributed by atoms with E-state index in [2.05, 4.69) is 0 Å². The number of anilines is 2. The van der Waals surface area contributed by atoms with Crippen molar-refractivity contribution >= 4 is 23.0 Å². The highest BCUT2D eigenvalue weighted by Crippen LogP contribution is 2.28. The van der Waals surface area contributed by atoms with Crippen molar-refractivity contribution in [3.63, 3.8) is 0 Å². The van der Waals surface area contributed by atoms with E-state index in [1.807, 2.05) is 0 Å². The third kappa shape index (κ3) is 2.02. The molecule has 1 rings (SSSR count). The summed E-state index contributed by atoms with van der Waals surface area (Å²) in [4.78, 5) is 4.86. The molecule has 0 fully saturated rings. The summed E-state index contributed by atoms with van der Waals surface area (Å²) >= 11 is 5.52. The molecule has 0 aromatic heterocycles. The summed E-state index contributed by atoms with van der Waals surface area (Å²) in [5.41, 5.74) is 6.41. The Hall–Kier alpha value is -1.00. The molecule has 1 aromatic carbocycles. The van der Waals surface area contributed by atoms with Gasteiger partial charge in [-0.3, -0.25) is 9.90 Å². The SMILES string of the molecule is CON(C)c1cc(F)c(Cl)cc1N. The van der Waals surface area contributed by atoms with E-state index in [-0.39, 0.29) is 5.02 Å². The Balaban J connectivity index is 3.15. The van der Waals surface area contributed by atoms with E-state index in [4.69, 9.17) is 22.2 Å². The van der Waals surface area contributed by atoms with Crippen LogP contribution in [0.25, 0.3) is 0 Å². The van der Waals surface area contributed by atoms with Crippen LogP contribution >= 0.6 is 11.6 Å². The topological polar surface area (TPSA) is 38.5 Å². The van der Waals surface area contributed by atoms with Crippen LogP contribution in [0, 0.1) is 5.82 Å². The molecule has 0 amide bonds. The lowest BCUT2D eigenvalue weighted by Crippen LogP contribution is -2.16. The molecule has 13 heavy (non-hydrogen) atoms. The van der Waals surface area contributed by atoms with Crippen molar-refractivity contribution < 1.29 is 9.23 Å². The van der Waals surface area contributed by atoms with Gasteiger partial charge in [-0.2, -0.15) is 0 Å². The van der Waals surface area contributed by atoms with Gasteiger partial charge < -0.3 is 5.73 Å². The molecule has 0 atom stereocenters. The second-order valence-corrected chi connectivity index (χ2v) is 2.91. The van der Waals surface area contributed by atoms with Gasteiger partial charge >= 0.3 is 0 Å². The Bertz CT molecular complexity index is 319. The lowest BCUT2D eigenvalue weighted by Gasteiger charge is -2.18. The predicted molar refractivity (Wildman–Crippen MR) is 51.2 cm³/mol. The predicted octanol–water partition coefficient (Wildman–Crippen LogP) is 2.06. The third-order valence-electron chi connectivity index (χ3n) is 1.68. The number of halogens is 2. The highest BCUT2D eigenvalue weighted by Gasteiger charge is 2.09. The highest BCUT2D eigenvalue weighted by atomic mass is 35.5. The van der Waals surface area contributed by atoms with Crippen molar-refractivity contribution in [3.05, 3.63) is 23.0 Å². The van der Waals surface area contributed by atoms with Crippen LogP contribution in [-0.4, -0.2) is 14.2 Å². The Morgan fingerprint density at radius 2 is 2.15 bits per heavy atom. The van der Waals surface area contributed by atoms with Gasteiger partial charge in [0, 0.05) is 13.1 Å². The molecule has 0 spiro atoms. The van der Waals surface area contributed by atoms with Crippen molar-refractivity contribution in [3.8, 4) is 0 Å². The maximum absolute atomic E-state index is 13.0. The average Bonchev–Trinajstić information content (AvgIpc) is 2.10. The van der Waals surface area contributed by atoms with E-state index < -0.39 is 5.82 Å². The van der Waals surface area contributed by atoms with Crippen LogP contribution in [0.2, 0.25) is 5.02 Å². The normalized spacial score (nSPS) is 10.2. The summed E-state index contributed by atoms with van der Waals surface area (Å²) in [6, 6.07) is 2.57. The van der Waals surface area contributed by atoms with Crippen LogP contribution in [-0.2, 0) is 4.84 Å². The minimum atomic E-state index is -0.519. The number of nitrogens with two attached hydrogens (primary N) is 1. The Kier molecular flexibility index (Phi) is 2.95. The van der Waals surface area contributed by atoms with Crippen molar-refractivity contribution in [1.29, 1.82) is 0 Å². The molecule has 5 heteroatoms. The van der Waals surface area contributed by atoms with E-state index in [9.17, 15) is 4.39 Å². The second-order valence-electron chi connectivity index (χ2n) is 2.51. The lowest BCUT2D eigenvalue weighted by molar-refractivity contribution is 0.185. The minimum absolute atomic E-state index is 0.00533. The highest BCUT2D eigenvalue weighted by molar-refractivity contribution is 6.31. The van der Waals surface area contributed by atoms with Gasteiger partial charge in [-0.1, -0.05) is 11.6 Å². The zero-order valence-electron chi connectivity index (χ0n) is 7.34. The maximum atomic E-state index is 13.0. The van der Waals surface area contributed by atoms with Gasteiger partial charge in [-0.15, -0.1) is 0 Å². The molecule has 0 aliphatic heterocycles. The molecule has 0 aliphatic carbocycles. The fourth-order valence-electron chi connectivity index (χ4n) is 0.923. The summed E-state index contributed by atoms with van der Waals surface area (Å²) in [6.45, 7) is 0. The summed E-state index contributed by atoms with van der Waals surface area (Å²) in [5.74, 6) is -0.519. The summed E-state index contributed by atoms with van der Waals surface area (Å²) in [6.07, 6.45) is 0. The quantitative estimate of drug-likeness (QED) is 0.592. The molecule has 72 valence electrons. The first-order valence-corrected chi connectivity index (χ1v) is 3.96. The number of benzene rings is 1. The average molecular weight is 205 g/mol. The molecule has 0 unspecified atom stereocenters. The van der Waals surface area contributed by atoms with Gasteiger partial charge in [-0.05, 0) is 6.07 Å².